The molecule has 784 valence electrons. The molecular formula is C106H124Cl4N8O24S4. The van der Waals surface area contributed by atoms with Gasteiger partial charge in [-0.2, -0.15) is 0 Å². The lowest BCUT2D eigenvalue weighted by molar-refractivity contribution is 0.0512. The van der Waals surface area contributed by atoms with Gasteiger partial charge in [0.05, 0.1) is 172 Å². The highest BCUT2D eigenvalue weighted by molar-refractivity contribution is 7.93. The fraction of sp³-hybridized carbons (Fsp3) is 0.302. The number of hydrogen-bond donors (Lipinski definition) is 4. The van der Waals surface area contributed by atoms with Crippen LogP contribution in [0.2, 0.25) is 20.1 Å². The lowest BCUT2D eigenvalue weighted by Crippen LogP contribution is -2.32. The van der Waals surface area contributed by atoms with Crippen molar-refractivity contribution in [1.29, 1.82) is 0 Å². The second kappa shape index (κ2) is 53.8. The van der Waals surface area contributed by atoms with E-state index in [1.54, 1.807) is 126 Å². The molecule has 40 heteroatoms. The number of anilines is 4. The van der Waals surface area contributed by atoms with Crippen LogP contribution in [0.3, 0.4) is 0 Å². The van der Waals surface area contributed by atoms with Crippen LogP contribution in [-0.4, -0.2) is 140 Å². The molecule has 2 amide bonds. The number of hydrogen-bond acceptors (Lipinski definition) is 26. The molecule has 12 aromatic rings. The maximum Gasteiger partial charge on any atom is 0.407 e. The molecule has 0 fully saturated rings. The highest BCUT2D eigenvalue weighted by atomic mass is 35.5. The zero-order chi connectivity index (χ0) is 107. The Morgan fingerprint density at radius 1 is 0.281 bits per heavy atom. The molecule has 0 spiro atoms. The van der Waals surface area contributed by atoms with Crippen molar-refractivity contribution in [2.45, 2.75) is 152 Å². The number of amides is 2. The Morgan fingerprint density at radius 2 is 0.500 bits per heavy atom. The summed E-state index contributed by atoms with van der Waals surface area (Å²) in [5.41, 5.74) is 17.7. The average molecular weight is 2160 g/mol. The van der Waals surface area contributed by atoms with Gasteiger partial charge in [-0.25, -0.2) is 43.3 Å². The number of methoxy groups -OCH3 is 8. The van der Waals surface area contributed by atoms with Crippen LogP contribution in [0, 0.1) is 0 Å². The molecular weight excluding hydrogens is 2040 g/mol. The summed E-state index contributed by atoms with van der Waals surface area (Å²) in [6.45, 7) is 21.3. The van der Waals surface area contributed by atoms with Crippen molar-refractivity contribution in [1.82, 2.24) is 10.6 Å². The van der Waals surface area contributed by atoms with Crippen LogP contribution < -0.4 is 96.2 Å². The summed E-state index contributed by atoms with van der Waals surface area (Å²) >= 11 is 25.1. The Morgan fingerprint density at radius 3 is 0.740 bits per heavy atom. The number of sulfonamides is 4. The summed E-state index contributed by atoms with van der Waals surface area (Å²) in [6, 6.07) is 66.7. The summed E-state index contributed by atoms with van der Waals surface area (Å²) in [6.07, 6.45) is -1.07. The van der Waals surface area contributed by atoms with Gasteiger partial charge < -0.3 is 88.4 Å². The van der Waals surface area contributed by atoms with Crippen LogP contribution in [-0.2, 0) is 102 Å². The van der Waals surface area contributed by atoms with Gasteiger partial charge in [0.25, 0.3) is 40.1 Å². The molecule has 0 aliphatic heterocycles. The Kier molecular flexibility index (Phi) is 42.9. The molecule has 12 aromatic carbocycles. The van der Waals surface area contributed by atoms with E-state index in [-0.39, 0.29) is 91.8 Å². The number of alkyl carbamates (subject to hydrolysis) is 2. The van der Waals surface area contributed by atoms with E-state index in [1.807, 2.05) is 100 Å². The molecule has 146 heavy (non-hydrogen) atoms. The fourth-order valence-electron chi connectivity index (χ4n) is 14.2. The number of carbonyl (C=O) groups excluding carboxylic acids is 2. The van der Waals surface area contributed by atoms with Crippen molar-refractivity contribution in [2.75, 3.05) is 101 Å². The van der Waals surface area contributed by atoms with Gasteiger partial charge in [-0.15, -0.1) is 0 Å². The highest BCUT2D eigenvalue weighted by Crippen LogP contribution is 2.47. The quantitative estimate of drug-likeness (QED) is 0.0276. The standard InChI is InChI=1S/2C29H35ClN2O7S.2C24H27ClN2O5S/c1-7-38-22-12-14-23(15-13-22)40(34,35)32(25-17-26(36-5)24(30)16-27(25)37-6)19-21-10-8-20(9-11-21)18-31-28(33)39-29(2,3)4;1-7-38-22-11-13-23(14-12-22)40(34,35)32(25-17-26(36-5)24(30)16-27(25)37-6)19-21-10-8-9-20(15-21)18-31-28(33)39-29(2,3)4;1-4-32-19-9-11-20(12-10-19)33(28,29)27(16-18-7-5-17(15-26)6-8-18)22-14-23(30-2)21(25)13-24(22)31-3;1-4-32-19-8-10-20(11-9-19)33(28,29)27(16-18-7-5-6-17(12-18)15-26)22-14-23(30-2)21(25)13-24(22)31-3/h2*8-17H,7,18-19H2,1-6H3,(H,31,33);2*5-14H,4,15-16,26H2,1-3H3. The van der Waals surface area contributed by atoms with E-state index < -0.39 is 63.5 Å². The smallest absolute Gasteiger partial charge is 0.407 e. The van der Waals surface area contributed by atoms with Crippen LogP contribution >= 0.6 is 46.4 Å². The Hall–Kier alpha value is -13.1. The second-order valence-electron chi connectivity index (χ2n) is 33.7. The van der Waals surface area contributed by atoms with E-state index in [1.165, 1.54) is 159 Å². The first kappa shape index (κ1) is 116. The second-order valence-corrected chi connectivity index (χ2v) is 42.8. The number of rotatable bonds is 42. The van der Waals surface area contributed by atoms with E-state index in [0.29, 0.717) is 130 Å². The van der Waals surface area contributed by atoms with E-state index >= 15 is 0 Å². The number of ether oxygens (including phenoxy) is 14. The molecule has 0 atom stereocenters. The summed E-state index contributed by atoms with van der Waals surface area (Å²) in [7, 11) is -4.56. The van der Waals surface area contributed by atoms with Gasteiger partial charge in [-0.3, -0.25) is 17.2 Å². The van der Waals surface area contributed by atoms with Crippen LogP contribution in [0.5, 0.6) is 69.0 Å². The first-order valence-electron chi connectivity index (χ1n) is 45.8. The third-order valence-electron chi connectivity index (χ3n) is 21.3. The minimum atomic E-state index is -4.10. The Bertz CT molecular complexity index is 6840. The van der Waals surface area contributed by atoms with E-state index in [2.05, 4.69) is 10.6 Å². The molecule has 0 saturated carbocycles. The van der Waals surface area contributed by atoms with Gasteiger partial charge in [0.1, 0.15) is 80.2 Å². The van der Waals surface area contributed by atoms with Crippen molar-refractivity contribution in [2.24, 2.45) is 11.5 Å². The van der Waals surface area contributed by atoms with Gasteiger partial charge in [0, 0.05) is 74.7 Å². The minimum Gasteiger partial charge on any atom is -0.495 e. The third kappa shape index (κ3) is 31.9. The first-order valence-corrected chi connectivity index (χ1v) is 53.0. The van der Waals surface area contributed by atoms with E-state index in [0.717, 1.165) is 33.4 Å². The maximum absolute atomic E-state index is 14.1. The molecule has 12 rings (SSSR count). The van der Waals surface area contributed by atoms with Gasteiger partial charge >= 0.3 is 12.2 Å². The zero-order valence-electron chi connectivity index (χ0n) is 84.5. The highest BCUT2D eigenvalue weighted by Gasteiger charge is 2.36. The van der Waals surface area contributed by atoms with Crippen LogP contribution in [0.25, 0.3) is 0 Å². The van der Waals surface area contributed by atoms with Crippen LogP contribution in [0.1, 0.15) is 114 Å². The number of halogens is 4. The minimum absolute atomic E-state index is 0.0174. The van der Waals surface area contributed by atoms with Crippen LogP contribution in [0.4, 0.5) is 32.3 Å². The molecule has 0 radical (unpaired) electrons. The number of nitrogens with zero attached hydrogens (tertiary/aromatic N) is 4. The largest absolute Gasteiger partial charge is 0.495 e. The Balaban J connectivity index is 0.000000217. The molecule has 0 saturated heterocycles. The maximum atomic E-state index is 14.1. The van der Waals surface area contributed by atoms with Crippen molar-refractivity contribution in [3.05, 3.63) is 307 Å². The number of carbonyl (C=O) groups is 2. The van der Waals surface area contributed by atoms with Crippen molar-refractivity contribution < 1.29 is 110 Å². The number of benzene rings is 12. The number of nitrogens with one attached hydrogen (secondary N) is 2. The fourth-order valence-corrected chi connectivity index (χ4v) is 21.0. The van der Waals surface area contributed by atoms with E-state index in [4.69, 9.17) is 124 Å². The lowest BCUT2D eigenvalue weighted by Gasteiger charge is -2.27. The molecule has 0 aliphatic carbocycles. The average Bonchev–Trinajstić information content (AvgIpc) is 0.779. The molecule has 0 aromatic heterocycles. The predicted octanol–water partition coefficient (Wildman–Crippen LogP) is 21.6. The molecule has 0 bridgehead atoms. The van der Waals surface area contributed by atoms with Crippen molar-refractivity contribution in [3.8, 4) is 69.0 Å². The van der Waals surface area contributed by atoms with Gasteiger partial charge in [0.2, 0.25) is 0 Å². The Labute approximate surface area is 875 Å². The molecule has 0 heterocycles. The lowest BCUT2D eigenvalue weighted by atomic mass is 10.1. The molecule has 0 aliphatic rings. The monoisotopic (exact) mass is 2160 g/mol. The first-order chi connectivity index (χ1) is 69.4. The topological polar surface area (TPSA) is 389 Å². The molecule has 0 unspecified atom stereocenters. The van der Waals surface area contributed by atoms with E-state index in [9.17, 15) is 43.3 Å². The summed E-state index contributed by atoms with van der Waals surface area (Å²) < 4.78 is 192. The van der Waals surface area contributed by atoms with Gasteiger partial charge in [-0.05, 0) is 211 Å². The summed E-state index contributed by atoms with van der Waals surface area (Å²) in [5, 5.41) is 6.61. The summed E-state index contributed by atoms with van der Waals surface area (Å²) in [4.78, 5) is 24.5. The van der Waals surface area contributed by atoms with Crippen molar-refractivity contribution >= 4 is 121 Å². The summed E-state index contributed by atoms with van der Waals surface area (Å²) in [5.74, 6) is 4.66. The predicted molar refractivity (Wildman–Crippen MR) is 570 cm³/mol. The van der Waals surface area contributed by atoms with Gasteiger partial charge in [0.15, 0.2) is 0 Å². The molecule has 32 nitrogen and oxygen atoms in total. The van der Waals surface area contributed by atoms with Gasteiger partial charge in [-0.1, -0.05) is 143 Å². The van der Waals surface area contributed by atoms with Crippen molar-refractivity contribution in [3.63, 3.8) is 0 Å². The SMILES string of the molecule is CCOc1ccc(S(=O)(=O)N(Cc2ccc(CN)cc2)c2cc(OC)c(Cl)cc2OC)cc1.CCOc1ccc(S(=O)(=O)N(Cc2ccc(CNC(=O)OC(C)(C)C)cc2)c2cc(OC)c(Cl)cc2OC)cc1.CCOc1ccc(S(=O)(=O)N(Cc2cccc(CN)c2)c2cc(OC)c(Cl)cc2OC)cc1.CCOc1ccc(S(=O)(=O)N(Cc2cccc(CNC(=O)OC(C)(C)C)c2)c2cc(OC)c(Cl)cc2OC)cc1. The zero-order valence-corrected chi connectivity index (χ0v) is 90.8. The molecule has 6 N–H and O–H groups in total. The van der Waals surface area contributed by atoms with Crippen LogP contribution in [0.15, 0.2) is 262 Å². The third-order valence-corrected chi connectivity index (χ3v) is 29.5. The number of nitrogens with two attached hydrogens (primary N) is 2. The normalized spacial score (nSPS) is 11.3.